The molecule has 1 aromatic carbocycles. The minimum absolute atomic E-state index is 0.809. The third-order valence-corrected chi connectivity index (χ3v) is 3.65. The molecule has 0 saturated carbocycles. The number of fused-ring (bicyclic) bond motifs is 1. The van der Waals surface area contributed by atoms with Crippen molar-refractivity contribution in [1.82, 2.24) is 9.88 Å². The van der Waals surface area contributed by atoms with Crippen LogP contribution in [0.2, 0.25) is 5.02 Å². The highest BCUT2D eigenvalue weighted by Gasteiger charge is 2.06. The van der Waals surface area contributed by atoms with Crippen LogP contribution in [-0.2, 0) is 6.42 Å². The summed E-state index contributed by atoms with van der Waals surface area (Å²) in [6.07, 6.45) is 4.41. The first-order valence-electron chi connectivity index (χ1n) is 6.72. The van der Waals surface area contributed by atoms with E-state index in [1.54, 1.807) is 0 Å². The summed E-state index contributed by atoms with van der Waals surface area (Å²) < 4.78 is 0. The van der Waals surface area contributed by atoms with E-state index in [-0.39, 0.29) is 0 Å². The highest BCUT2D eigenvalue weighted by Crippen LogP contribution is 2.22. The van der Waals surface area contributed by atoms with Crippen molar-refractivity contribution in [2.75, 3.05) is 19.6 Å². The lowest BCUT2D eigenvalue weighted by atomic mass is 10.1. The summed E-state index contributed by atoms with van der Waals surface area (Å²) in [7, 11) is 0. The Morgan fingerprint density at radius 1 is 1.22 bits per heavy atom. The molecule has 0 atom stereocenters. The molecule has 0 unspecified atom stereocenters. The molecule has 0 aliphatic heterocycles. The third-order valence-electron chi connectivity index (χ3n) is 3.41. The van der Waals surface area contributed by atoms with Gasteiger partial charge in [-0.25, -0.2) is 0 Å². The molecule has 1 N–H and O–H groups in total. The topological polar surface area (TPSA) is 19.0 Å². The average molecular weight is 265 g/mol. The molecule has 1 aromatic heterocycles. The number of benzene rings is 1. The van der Waals surface area contributed by atoms with Gasteiger partial charge in [-0.2, -0.15) is 0 Å². The molecule has 0 amide bonds. The largest absolute Gasteiger partial charge is 0.361 e. The van der Waals surface area contributed by atoms with Crippen LogP contribution in [0.3, 0.4) is 0 Å². The van der Waals surface area contributed by atoms with E-state index in [1.165, 1.54) is 29.4 Å². The summed E-state index contributed by atoms with van der Waals surface area (Å²) >= 11 is 6.06. The number of nitrogens with zero attached hydrogens (tertiary/aromatic N) is 1. The number of hydrogen-bond acceptors (Lipinski definition) is 1. The van der Waals surface area contributed by atoms with Crippen LogP contribution in [-0.4, -0.2) is 29.5 Å². The predicted molar refractivity (Wildman–Crippen MR) is 79.4 cm³/mol. The fourth-order valence-corrected chi connectivity index (χ4v) is 2.55. The first-order valence-corrected chi connectivity index (χ1v) is 7.10. The first kappa shape index (κ1) is 13.4. The lowest BCUT2D eigenvalue weighted by molar-refractivity contribution is 0.293. The molecule has 3 heteroatoms. The van der Waals surface area contributed by atoms with Crippen molar-refractivity contribution < 1.29 is 0 Å². The van der Waals surface area contributed by atoms with Gasteiger partial charge in [0.25, 0.3) is 0 Å². The van der Waals surface area contributed by atoms with E-state index in [1.807, 2.05) is 12.1 Å². The summed E-state index contributed by atoms with van der Waals surface area (Å²) in [6.45, 7) is 7.87. The highest BCUT2D eigenvalue weighted by molar-refractivity contribution is 6.31. The number of likely N-dealkylation sites (N-methyl/N-ethyl adjacent to an activating group) is 1. The van der Waals surface area contributed by atoms with Crippen molar-refractivity contribution in [3.8, 4) is 0 Å². The minimum atomic E-state index is 0.809. The molecule has 0 aliphatic carbocycles. The van der Waals surface area contributed by atoms with Gasteiger partial charge in [-0.05, 0) is 49.7 Å². The van der Waals surface area contributed by atoms with Crippen LogP contribution in [0.5, 0.6) is 0 Å². The highest BCUT2D eigenvalue weighted by atomic mass is 35.5. The van der Waals surface area contributed by atoms with E-state index in [4.69, 9.17) is 11.6 Å². The zero-order chi connectivity index (χ0) is 13.0. The summed E-state index contributed by atoms with van der Waals surface area (Å²) in [5, 5.41) is 2.07. The van der Waals surface area contributed by atoms with Crippen molar-refractivity contribution in [3.05, 3.63) is 35.0 Å². The Bertz CT molecular complexity index is 504. The van der Waals surface area contributed by atoms with Gasteiger partial charge in [-0.1, -0.05) is 25.4 Å². The molecule has 2 rings (SSSR count). The molecule has 0 saturated heterocycles. The smallest absolute Gasteiger partial charge is 0.0457 e. The van der Waals surface area contributed by atoms with Crippen molar-refractivity contribution in [1.29, 1.82) is 0 Å². The molecule has 0 bridgehead atoms. The van der Waals surface area contributed by atoms with Gasteiger partial charge in [-0.3, -0.25) is 0 Å². The van der Waals surface area contributed by atoms with E-state index in [9.17, 15) is 0 Å². The second-order valence-corrected chi connectivity index (χ2v) is 5.12. The summed E-state index contributed by atoms with van der Waals surface area (Å²) in [5.74, 6) is 0. The number of aromatic amines is 1. The molecule has 2 aromatic rings. The van der Waals surface area contributed by atoms with Gasteiger partial charge < -0.3 is 9.88 Å². The van der Waals surface area contributed by atoms with E-state index in [0.29, 0.717) is 0 Å². The third kappa shape index (κ3) is 3.06. The average Bonchev–Trinajstić information content (AvgIpc) is 2.77. The SMILES string of the molecule is CCCN(CC)CCc1c[nH]c2ccc(Cl)cc12. The summed E-state index contributed by atoms with van der Waals surface area (Å²) in [6, 6.07) is 6.03. The monoisotopic (exact) mass is 264 g/mol. The first-order chi connectivity index (χ1) is 8.74. The number of H-pyrrole nitrogens is 1. The van der Waals surface area contributed by atoms with Gasteiger partial charge in [-0.15, -0.1) is 0 Å². The van der Waals surface area contributed by atoms with Gasteiger partial charge in [0.1, 0.15) is 0 Å². The van der Waals surface area contributed by atoms with Crippen LogP contribution in [0.15, 0.2) is 24.4 Å². The molecule has 0 spiro atoms. The number of halogens is 1. The molecule has 18 heavy (non-hydrogen) atoms. The van der Waals surface area contributed by atoms with Gasteiger partial charge in [0.2, 0.25) is 0 Å². The van der Waals surface area contributed by atoms with E-state index < -0.39 is 0 Å². The molecular formula is C15H21ClN2. The second kappa shape index (κ2) is 6.26. The van der Waals surface area contributed by atoms with Crippen LogP contribution in [0.4, 0.5) is 0 Å². The molecule has 0 radical (unpaired) electrons. The maximum absolute atomic E-state index is 6.06. The van der Waals surface area contributed by atoms with E-state index in [0.717, 1.165) is 24.5 Å². The fraction of sp³-hybridized carbons (Fsp3) is 0.467. The lowest BCUT2D eigenvalue weighted by Gasteiger charge is -2.18. The van der Waals surface area contributed by atoms with Crippen LogP contribution in [0, 0.1) is 0 Å². The lowest BCUT2D eigenvalue weighted by Crippen LogP contribution is -2.26. The van der Waals surface area contributed by atoms with Crippen molar-refractivity contribution in [2.24, 2.45) is 0 Å². The molecular weight excluding hydrogens is 244 g/mol. The Labute approximate surface area is 114 Å². The summed E-state index contributed by atoms with van der Waals surface area (Å²) in [4.78, 5) is 5.80. The van der Waals surface area contributed by atoms with Crippen molar-refractivity contribution >= 4 is 22.5 Å². The van der Waals surface area contributed by atoms with E-state index in [2.05, 4.69) is 36.0 Å². The van der Waals surface area contributed by atoms with Crippen molar-refractivity contribution in [3.63, 3.8) is 0 Å². The number of aromatic nitrogens is 1. The van der Waals surface area contributed by atoms with E-state index >= 15 is 0 Å². The Kier molecular flexibility index (Phi) is 4.67. The molecule has 0 fully saturated rings. The van der Waals surface area contributed by atoms with Gasteiger partial charge in [0, 0.05) is 28.7 Å². The molecule has 2 nitrogen and oxygen atoms in total. The molecule has 1 heterocycles. The quantitative estimate of drug-likeness (QED) is 0.832. The standard InChI is InChI=1S/C15H21ClN2/c1-3-8-18(4-2)9-7-12-11-17-15-6-5-13(16)10-14(12)15/h5-6,10-11,17H,3-4,7-9H2,1-2H3. The minimum Gasteiger partial charge on any atom is -0.361 e. The van der Waals surface area contributed by atoms with Gasteiger partial charge in [0.05, 0.1) is 0 Å². The Balaban J connectivity index is 2.09. The summed E-state index contributed by atoms with van der Waals surface area (Å²) in [5.41, 5.74) is 2.54. The van der Waals surface area contributed by atoms with Crippen LogP contribution < -0.4 is 0 Å². The van der Waals surface area contributed by atoms with Crippen LogP contribution in [0.1, 0.15) is 25.8 Å². The second-order valence-electron chi connectivity index (χ2n) is 4.69. The Morgan fingerprint density at radius 2 is 2.06 bits per heavy atom. The zero-order valence-electron chi connectivity index (χ0n) is 11.2. The number of rotatable bonds is 6. The van der Waals surface area contributed by atoms with Crippen molar-refractivity contribution in [2.45, 2.75) is 26.7 Å². The number of hydrogen-bond donors (Lipinski definition) is 1. The van der Waals surface area contributed by atoms with Crippen LogP contribution in [0.25, 0.3) is 10.9 Å². The van der Waals surface area contributed by atoms with Crippen LogP contribution >= 0.6 is 11.6 Å². The number of nitrogens with one attached hydrogen (secondary N) is 1. The normalized spacial score (nSPS) is 11.6. The maximum Gasteiger partial charge on any atom is 0.0457 e. The zero-order valence-corrected chi connectivity index (χ0v) is 11.9. The Hall–Kier alpha value is -0.990. The maximum atomic E-state index is 6.06. The molecule has 98 valence electrons. The predicted octanol–water partition coefficient (Wildman–Crippen LogP) is 4.10. The van der Waals surface area contributed by atoms with Gasteiger partial charge in [0.15, 0.2) is 0 Å². The fourth-order valence-electron chi connectivity index (χ4n) is 2.38. The Morgan fingerprint density at radius 3 is 2.78 bits per heavy atom. The van der Waals surface area contributed by atoms with Gasteiger partial charge >= 0.3 is 0 Å². The molecule has 0 aliphatic rings.